The van der Waals surface area contributed by atoms with Gasteiger partial charge in [0, 0.05) is 22.2 Å². The summed E-state index contributed by atoms with van der Waals surface area (Å²) in [6.45, 7) is 9.64. The predicted octanol–water partition coefficient (Wildman–Crippen LogP) is 3.73. The van der Waals surface area contributed by atoms with Crippen LogP contribution in [0.4, 0.5) is 4.39 Å². The Bertz CT molecular complexity index is 777. The van der Waals surface area contributed by atoms with E-state index in [1.807, 2.05) is 27.7 Å². The molecule has 0 aliphatic carbocycles. The summed E-state index contributed by atoms with van der Waals surface area (Å²) in [4.78, 5) is 26.9. The van der Waals surface area contributed by atoms with Crippen molar-refractivity contribution in [2.45, 2.75) is 40.2 Å². The Kier molecular flexibility index (Phi) is 5.28. The number of carbonyl (C=O) groups excluding carboxylic acids is 2. The van der Waals surface area contributed by atoms with Crippen LogP contribution >= 0.6 is 11.3 Å². The first-order valence-corrected chi connectivity index (χ1v) is 8.73. The van der Waals surface area contributed by atoms with E-state index < -0.39 is 0 Å². The maximum absolute atomic E-state index is 14.0. The van der Waals surface area contributed by atoms with Gasteiger partial charge in [-0.2, -0.15) is 0 Å². The van der Waals surface area contributed by atoms with Crippen molar-refractivity contribution in [2.75, 3.05) is 13.1 Å². The number of fused-ring (bicyclic) bond motifs is 1. The van der Waals surface area contributed by atoms with Crippen molar-refractivity contribution < 1.29 is 14.0 Å². The Morgan fingerprint density at radius 3 is 2.50 bits per heavy atom. The van der Waals surface area contributed by atoms with E-state index in [-0.39, 0.29) is 29.7 Å². The van der Waals surface area contributed by atoms with Crippen LogP contribution in [0, 0.1) is 12.7 Å². The zero-order valence-corrected chi connectivity index (χ0v) is 15.5. The Hall–Kier alpha value is -1.95. The summed E-state index contributed by atoms with van der Waals surface area (Å²) in [6, 6.07) is 4.83. The van der Waals surface area contributed by atoms with E-state index in [2.05, 4.69) is 5.32 Å². The lowest BCUT2D eigenvalue weighted by Gasteiger charge is -2.25. The molecule has 1 aromatic carbocycles. The van der Waals surface area contributed by atoms with Gasteiger partial charge in [0.25, 0.3) is 5.91 Å². The number of thiophene rings is 1. The molecular formula is C18H23FN2O2S. The molecule has 2 amide bonds. The van der Waals surface area contributed by atoms with Gasteiger partial charge in [-0.1, -0.05) is 6.07 Å². The molecule has 1 heterocycles. The Morgan fingerprint density at radius 1 is 1.29 bits per heavy atom. The lowest BCUT2D eigenvalue weighted by molar-refractivity contribution is -0.123. The summed E-state index contributed by atoms with van der Waals surface area (Å²) in [7, 11) is 0. The summed E-state index contributed by atoms with van der Waals surface area (Å²) in [5, 5.41) is 3.34. The molecule has 24 heavy (non-hydrogen) atoms. The van der Waals surface area contributed by atoms with Gasteiger partial charge < -0.3 is 10.2 Å². The minimum Gasteiger partial charge on any atom is -0.350 e. The first-order valence-electron chi connectivity index (χ1n) is 7.92. The van der Waals surface area contributed by atoms with Crippen molar-refractivity contribution in [3.05, 3.63) is 34.5 Å². The number of aryl methyl sites for hydroxylation is 1. The number of benzene rings is 1. The fraction of sp³-hybridized carbons (Fsp3) is 0.444. The molecule has 0 fully saturated rings. The number of nitrogens with one attached hydrogen (secondary N) is 1. The fourth-order valence-corrected chi connectivity index (χ4v) is 3.75. The quantitative estimate of drug-likeness (QED) is 0.913. The first-order chi connectivity index (χ1) is 11.1. The molecule has 130 valence electrons. The summed E-state index contributed by atoms with van der Waals surface area (Å²) >= 11 is 1.27. The molecule has 2 rings (SSSR count). The Balaban J connectivity index is 2.27. The van der Waals surface area contributed by atoms with Gasteiger partial charge in [0.15, 0.2) is 0 Å². The van der Waals surface area contributed by atoms with E-state index in [9.17, 15) is 14.0 Å². The van der Waals surface area contributed by atoms with Gasteiger partial charge >= 0.3 is 0 Å². The molecule has 1 aromatic heterocycles. The maximum Gasteiger partial charge on any atom is 0.264 e. The highest BCUT2D eigenvalue weighted by molar-refractivity contribution is 7.21. The summed E-state index contributed by atoms with van der Waals surface area (Å²) in [5.41, 5.74) is 0.281. The van der Waals surface area contributed by atoms with Gasteiger partial charge in [-0.3, -0.25) is 9.59 Å². The first kappa shape index (κ1) is 18.4. The minimum absolute atomic E-state index is 0.0111. The summed E-state index contributed by atoms with van der Waals surface area (Å²) in [6.07, 6.45) is 0. The Labute approximate surface area is 145 Å². The maximum atomic E-state index is 14.0. The van der Waals surface area contributed by atoms with Crippen molar-refractivity contribution >= 4 is 33.2 Å². The molecule has 0 bridgehead atoms. The van der Waals surface area contributed by atoms with E-state index in [0.717, 1.165) is 4.70 Å². The third-order valence-electron chi connectivity index (χ3n) is 3.62. The number of rotatable bonds is 4. The van der Waals surface area contributed by atoms with Gasteiger partial charge in [-0.15, -0.1) is 11.3 Å². The summed E-state index contributed by atoms with van der Waals surface area (Å²) < 4.78 is 14.8. The third-order valence-corrected chi connectivity index (χ3v) is 4.86. The number of hydrogen-bond acceptors (Lipinski definition) is 3. The van der Waals surface area contributed by atoms with Crippen LogP contribution in [-0.4, -0.2) is 35.3 Å². The lowest BCUT2D eigenvalue weighted by atomic mass is 10.1. The molecule has 0 saturated heterocycles. The van der Waals surface area contributed by atoms with Gasteiger partial charge in [0.1, 0.15) is 5.82 Å². The SMILES string of the molecule is CCN(CC(=O)NC(C)(C)C)C(=O)c1sc2cccc(F)c2c1C. The van der Waals surface area contributed by atoms with E-state index >= 15 is 0 Å². The van der Waals surface area contributed by atoms with Gasteiger partial charge in [-0.25, -0.2) is 4.39 Å². The fourth-order valence-electron chi connectivity index (χ4n) is 2.56. The molecule has 0 spiro atoms. The van der Waals surface area contributed by atoms with E-state index in [1.54, 1.807) is 19.1 Å². The largest absolute Gasteiger partial charge is 0.350 e. The highest BCUT2D eigenvalue weighted by Gasteiger charge is 2.24. The van der Waals surface area contributed by atoms with Crippen molar-refractivity contribution in [3.63, 3.8) is 0 Å². The van der Waals surface area contributed by atoms with Crippen LogP contribution in [0.1, 0.15) is 42.9 Å². The number of carbonyl (C=O) groups is 2. The molecule has 0 unspecified atom stereocenters. The van der Waals surface area contributed by atoms with Crippen molar-refractivity contribution in [1.82, 2.24) is 10.2 Å². The number of hydrogen-bond donors (Lipinski definition) is 1. The van der Waals surface area contributed by atoms with Crippen LogP contribution in [-0.2, 0) is 4.79 Å². The van der Waals surface area contributed by atoms with E-state index in [0.29, 0.717) is 22.4 Å². The molecule has 4 nitrogen and oxygen atoms in total. The number of likely N-dealkylation sites (N-methyl/N-ethyl adjacent to an activating group) is 1. The third kappa shape index (κ3) is 3.93. The molecular weight excluding hydrogens is 327 g/mol. The number of nitrogens with zero attached hydrogens (tertiary/aromatic N) is 1. The predicted molar refractivity (Wildman–Crippen MR) is 96.0 cm³/mol. The second kappa shape index (κ2) is 6.89. The van der Waals surface area contributed by atoms with Crippen LogP contribution in [0.15, 0.2) is 18.2 Å². The van der Waals surface area contributed by atoms with E-state index in [1.165, 1.54) is 22.3 Å². The zero-order valence-electron chi connectivity index (χ0n) is 14.7. The van der Waals surface area contributed by atoms with Crippen LogP contribution in [0.5, 0.6) is 0 Å². The topological polar surface area (TPSA) is 49.4 Å². The molecule has 0 aliphatic heterocycles. The highest BCUT2D eigenvalue weighted by Crippen LogP contribution is 2.33. The zero-order chi connectivity index (χ0) is 18.1. The standard InChI is InChI=1S/C18H23FN2O2S/c1-6-21(10-14(22)20-18(3,4)5)17(23)16-11(2)15-12(19)8-7-9-13(15)24-16/h7-9H,6,10H2,1-5H3,(H,20,22). The van der Waals surface area contributed by atoms with Crippen LogP contribution in [0.3, 0.4) is 0 Å². The lowest BCUT2D eigenvalue weighted by Crippen LogP contribution is -2.47. The monoisotopic (exact) mass is 350 g/mol. The normalized spacial score (nSPS) is 11.6. The molecule has 1 N–H and O–H groups in total. The smallest absolute Gasteiger partial charge is 0.264 e. The molecule has 0 aliphatic rings. The molecule has 6 heteroatoms. The van der Waals surface area contributed by atoms with Gasteiger partial charge in [0.2, 0.25) is 5.91 Å². The van der Waals surface area contributed by atoms with Crippen molar-refractivity contribution in [3.8, 4) is 0 Å². The number of halogens is 1. The summed E-state index contributed by atoms with van der Waals surface area (Å²) in [5.74, 6) is -0.767. The van der Waals surface area contributed by atoms with Crippen LogP contribution in [0.25, 0.3) is 10.1 Å². The van der Waals surface area contributed by atoms with E-state index in [4.69, 9.17) is 0 Å². The van der Waals surface area contributed by atoms with Gasteiger partial charge in [0.05, 0.1) is 11.4 Å². The molecule has 2 aromatic rings. The molecule has 0 saturated carbocycles. The average molecular weight is 350 g/mol. The van der Waals surface area contributed by atoms with Gasteiger partial charge in [-0.05, 0) is 52.3 Å². The van der Waals surface area contributed by atoms with Crippen molar-refractivity contribution in [2.24, 2.45) is 0 Å². The minimum atomic E-state index is -0.351. The second-order valence-corrected chi connectivity index (χ2v) is 7.84. The van der Waals surface area contributed by atoms with Crippen molar-refractivity contribution in [1.29, 1.82) is 0 Å². The second-order valence-electron chi connectivity index (χ2n) is 6.79. The highest BCUT2D eigenvalue weighted by atomic mass is 32.1. The Morgan fingerprint density at radius 2 is 1.96 bits per heavy atom. The van der Waals surface area contributed by atoms with Crippen LogP contribution < -0.4 is 5.32 Å². The van der Waals surface area contributed by atoms with Crippen LogP contribution in [0.2, 0.25) is 0 Å². The molecule has 0 atom stereocenters. The average Bonchev–Trinajstić information content (AvgIpc) is 2.80. The molecule has 0 radical (unpaired) electrons. The number of amides is 2.